The quantitative estimate of drug-likeness (QED) is 0.787. The molecular weight excluding hydrogens is 224 g/mol. The lowest BCUT2D eigenvalue weighted by molar-refractivity contribution is 0.0549. The van der Waals surface area contributed by atoms with Gasteiger partial charge in [-0.2, -0.15) is 0 Å². The van der Waals surface area contributed by atoms with Crippen molar-refractivity contribution in [1.29, 1.82) is 0 Å². The van der Waals surface area contributed by atoms with Crippen molar-refractivity contribution < 1.29 is 5.11 Å². The van der Waals surface area contributed by atoms with Crippen LogP contribution in [-0.4, -0.2) is 41.3 Å². The van der Waals surface area contributed by atoms with Gasteiger partial charge in [-0.15, -0.1) is 0 Å². The zero-order valence-electron chi connectivity index (χ0n) is 11.5. The summed E-state index contributed by atoms with van der Waals surface area (Å²) in [6, 6.07) is 0.644. The molecule has 3 nitrogen and oxygen atoms in total. The van der Waals surface area contributed by atoms with Gasteiger partial charge in [0.25, 0.3) is 0 Å². The molecule has 0 spiro atoms. The van der Waals surface area contributed by atoms with Crippen molar-refractivity contribution in [1.82, 2.24) is 4.90 Å². The molecule has 1 heterocycles. The number of likely N-dealkylation sites (tertiary alicyclic amines) is 1. The average molecular weight is 252 g/mol. The molecule has 4 atom stereocenters. The van der Waals surface area contributed by atoms with E-state index in [4.69, 9.17) is 5.73 Å². The minimum Gasteiger partial charge on any atom is -0.394 e. The fraction of sp³-hybridized carbons (Fsp3) is 1.00. The highest BCUT2D eigenvalue weighted by Gasteiger charge is 2.40. The molecule has 3 rings (SSSR count). The Morgan fingerprint density at radius 1 is 1.11 bits per heavy atom. The van der Waals surface area contributed by atoms with Crippen molar-refractivity contribution in [2.75, 3.05) is 19.7 Å². The first-order chi connectivity index (χ1) is 8.70. The number of hydrogen-bond donors (Lipinski definition) is 2. The number of rotatable bonds is 2. The second-order valence-corrected chi connectivity index (χ2v) is 7.01. The Kier molecular flexibility index (Phi) is 3.65. The monoisotopic (exact) mass is 252 g/mol. The lowest BCUT2D eigenvalue weighted by atomic mass is 9.75. The SMILES string of the molecule is NC1(CO)CCC(N2CCC3CCCCC3C2)C1. The molecule has 18 heavy (non-hydrogen) atoms. The van der Waals surface area contributed by atoms with Gasteiger partial charge in [-0.25, -0.2) is 0 Å². The van der Waals surface area contributed by atoms with Crippen molar-refractivity contribution in [3.8, 4) is 0 Å². The number of fused-ring (bicyclic) bond motifs is 1. The molecule has 3 fully saturated rings. The molecule has 0 aromatic rings. The summed E-state index contributed by atoms with van der Waals surface area (Å²) in [5.74, 6) is 1.96. The zero-order chi connectivity index (χ0) is 12.6. The van der Waals surface area contributed by atoms with E-state index in [0.29, 0.717) is 6.04 Å². The number of hydrogen-bond acceptors (Lipinski definition) is 3. The third-order valence-corrected chi connectivity index (χ3v) is 5.77. The van der Waals surface area contributed by atoms with E-state index >= 15 is 0 Å². The second-order valence-electron chi connectivity index (χ2n) is 7.01. The minimum absolute atomic E-state index is 0.156. The predicted molar refractivity (Wildman–Crippen MR) is 73.3 cm³/mol. The van der Waals surface area contributed by atoms with Gasteiger partial charge < -0.3 is 15.7 Å². The molecule has 4 unspecified atom stereocenters. The third kappa shape index (κ3) is 2.45. The minimum atomic E-state index is -0.284. The van der Waals surface area contributed by atoms with Crippen LogP contribution in [0.25, 0.3) is 0 Å². The zero-order valence-corrected chi connectivity index (χ0v) is 11.5. The first-order valence-electron chi connectivity index (χ1n) is 7.84. The van der Waals surface area contributed by atoms with Crippen LogP contribution in [0.5, 0.6) is 0 Å². The summed E-state index contributed by atoms with van der Waals surface area (Å²) in [6.45, 7) is 2.73. The molecule has 2 saturated carbocycles. The van der Waals surface area contributed by atoms with E-state index in [-0.39, 0.29) is 12.1 Å². The molecule has 1 saturated heterocycles. The fourth-order valence-electron chi connectivity index (χ4n) is 4.54. The Morgan fingerprint density at radius 2 is 1.89 bits per heavy atom. The summed E-state index contributed by atoms with van der Waals surface area (Å²) < 4.78 is 0. The van der Waals surface area contributed by atoms with Crippen molar-refractivity contribution in [3.63, 3.8) is 0 Å². The summed E-state index contributed by atoms with van der Waals surface area (Å²) in [5, 5.41) is 9.39. The largest absolute Gasteiger partial charge is 0.394 e. The Hall–Kier alpha value is -0.120. The van der Waals surface area contributed by atoms with Crippen LogP contribution >= 0.6 is 0 Å². The Morgan fingerprint density at radius 3 is 2.61 bits per heavy atom. The molecule has 2 aliphatic carbocycles. The van der Waals surface area contributed by atoms with Gasteiger partial charge in [-0.3, -0.25) is 0 Å². The van der Waals surface area contributed by atoms with E-state index < -0.39 is 0 Å². The Balaban J connectivity index is 1.58. The molecule has 0 radical (unpaired) electrons. The van der Waals surface area contributed by atoms with E-state index in [9.17, 15) is 5.11 Å². The Bertz CT molecular complexity index is 296. The summed E-state index contributed by atoms with van der Waals surface area (Å²) in [7, 11) is 0. The molecule has 0 amide bonds. The van der Waals surface area contributed by atoms with Gasteiger partial charge in [0, 0.05) is 18.1 Å². The second kappa shape index (κ2) is 5.10. The van der Waals surface area contributed by atoms with Gasteiger partial charge in [0.15, 0.2) is 0 Å². The van der Waals surface area contributed by atoms with Crippen LogP contribution in [0.3, 0.4) is 0 Å². The molecule has 3 aliphatic rings. The highest BCUT2D eigenvalue weighted by Crippen LogP contribution is 2.39. The van der Waals surface area contributed by atoms with Gasteiger partial charge in [-0.1, -0.05) is 19.3 Å². The standard InChI is InChI=1S/C15H28N2O/c16-15(11-18)7-5-14(9-15)17-8-6-12-3-1-2-4-13(12)10-17/h12-14,18H,1-11,16H2. The van der Waals surface area contributed by atoms with Crippen molar-refractivity contribution in [3.05, 3.63) is 0 Å². The van der Waals surface area contributed by atoms with Crippen LogP contribution in [0.2, 0.25) is 0 Å². The number of nitrogens with zero attached hydrogens (tertiary/aromatic N) is 1. The molecule has 0 aromatic heterocycles. The smallest absolute Gasteiger partial charge is 0.0611 e. The molecule has 0 aromatic carbocycles. The summed E-state index contributed by atoms with van der Waals surface area (Å²) in [4.78, 5) is 2.69. The number of aliphatic hydroxyl groups excluding tert-OH is 1. The van der Waals surface area contributed by atoms with Crippen LogP contribution in [0.1, 0.15) is 51.4 Å². The van der Waals surface area contributed by atoms with Crippen molar-refractivity contribution >= 4 is 0 Å². The number of piperidine rings is 1. The highest BCUT2D eigenvalue weighted by atomic mass is 16.3. The van der Waals surface area contributed by atoms with Crippen molar-refractivity contribution in [2.24, 2.45) is 17.6 Å². The van der Waals surface area contributed by atoms with Gasteiger partial charge in [0.05, 0.1) is 6.61 Å². The summed E-state index contributed by atoms with van der Waals surface area (Å²) in [6.07, 6.45) is 10.4. The Labute approximate surface area is 111 Å². The first-order valence-corrected chi connectivity index (χ1v) is 7.84. The topological polar surface area (TPSA) is 49.5 Å². The van der Waals surface area contributed by atoms with Gasteiger partial charge >= 0.3 is 0 Å². The van der Waals surface area contributed by atoms with Crippen LogP contribution in [0.4, 0.5) is 0 Å². The maximum Gasteiger partial charge on any atom is 0.0611 e. The van der Waals surface area contributed by atoms with E-state index in [2.05, 4.69) is 4.90 Å². The first kappa shape index (κ1) is 12.9. The molecule has 104 valence electrons. The average Bonchev–Trinajstić information content (AvgIpc) is 2.82. The number of aliphatic hydroxyl groups is 1. The van der Waals surface area contributed by atoms with Crippen molar-refractivity contribution in [2.45, 2.75) is 62.9 Å². The molecule has 0 bridgehead atoms. The molecule has 3 heteroatoms. The number of nitrogens with two attached hydrogens (primary N) is 1. The molecular formula is C15H28N2O. The van der Waals surface area contributed by atoms with E-state index in [1.54, 1.807) is 0 Å². The van der Waals surface area contributed by atoms with Crippen LogP contribution in [0, 0.1) is 11.8 Å². The molecule has 3 N–H and O–H groups in total. The van der Waals surface area contributed by atoms with Crippen LogP contribution < -0.4 is 5.73 Å². The molecule has 1 aliphatic heterocycles. The predicted octanol–water partition coefficient (Wildman–Crippen LogP) is 1.74. The van der Waals surface area contributed by atoms with Crippen LogP contribution in [-0.2, 0) is 0 Å². The normalized spacial score (nSPS) is 46.0. The summed E-state index contributed by atoms with van der Waals surface area (Å²) in [5.41, 5.74) is 5.93. The lowest BCUT2D eigenvalue weighted by Gasteiger charge is -2.44. The van der Waals surface area contributed by atoms with E-state index in [0.717, 1.165) is 24.7 Å². The fourth-order valence-corrected chi connectivity index (χ4v) is 4.54. The highest BCUT2D eigenvalue weighted by molar-refractivity contribution is 4.98. The maximum absolute atomic E-state index is 9.39. The van der Waals surface area contributed by atoms with Gasteiger partial charge in [-0.05, 0) is 50.5 Å². The van der Waals surface area contributed by atoms with Gasteiger partial charge in [0.2, 0.25) is 0 Å². The van der Waals surface area contributed by atoms with Crippen LogP contribution in [0.15, 0.2) is 0 Å². The maximum atomic E-state index is 9.39. The van der Waals surface area contributed by atoms with E-state index in [1.165, 1.54) is 51.6 Å². The lowest BCUT2D eigenvalue weighted by Crippen LogP contribution is -2.48. The van der Waals surface area contributed by atoms with E-state index in [1.807, 2.05) is 0 Å². The third-order valence-electron chi connectivity index (χ3n) is 5.77. The summed E-state index contributed by atoms with van der Waals surface area (Å²) >= 11 is 0. The van der Waals surface area contributed by atoms with Gasteiger partial charge in [0.1, 0.15) is 0 Å².